The number of ether oxygens (including phenoxy) is 1. The fourth-order valence-electron chi connectivity index (χ4n) is 3.93. The van der Waals surface area contributed by atoms with Crippen LogP contribution in [0.2, 0.25) is 0 Å². The quantitative estimate of drug-likeness (QED) is 0.340. The third-order valence-corrected chi connectivity index (χ3v) is 7.60. The lowest BCUT2D eigenvalue weighted by atomic mass is 9.99. The third kappa shape index (κ3) is 6.19. The number of benzene rings is 4. The molecule has 0 radical (unpaired) electrons. The van der Waals surface area contributed by atoms with Crippen molar-refractivity contribution >= 4 is 15.9 Å². The second-order valence-corrected chi connectivity index (χ2v) is 10.2. The molecule has 7 heteroatoms. The normalized spacial score (nSPS) is 11.4. The van der Waals surface area contributed by atoms with E-state index in [0.29, 0.717) is 5.75 Å². The Labute approximate surface area is 212 Å². The van der Waals surface area contributed by atoms with Crippen LogP contribution in [0.5, 0.6) is 5.75 Å². The van der Waals surface area contributed by atoms with E-state index in [-0.39, 0.29) is 18.0 Å². The number of hydrogen-bond acceptors (Lipinski definition) is 4. The molecule has 0 aliphatic carbocycles. The van der Waals surface area contributed by atoms with Crippen molar-refractivity contribution in [3.63, 3.8) is 0 Å². The lowest BCUT2D eigenvalue weighted by Gasteiger charge is -2.25. The molecular formula is C29H28N2O4S. The molecule has 0 spiro atoms. The van der Waals surface area contributed by atoms with E-state index in [4.69, 9.17) is 4.74 Å². The molecule has 36 heavy (non-hydrogen) atoms. The molecule has 6 nitrogen and oxygen atoms in total. The Hall–Kier alpha value is -3.94. The number of amides is 1. The molecule has 184 valence electrons. The molecule has 0 aromatic heterocycles. The first-order valence-corrected chi connectivity index (χ1v) is 13.0. The van der Waals surface area contributed by atoms with Crippen molar-refractivity contribution in [3.05, 3.63) is 132 Å². The van der Waals surface area contributed by atoms with Crippen LogP contribution in [0.25, 0.3) is 0 Å². The molecule has 4 aromatic carbocycles. The Balaban J connectivity index is 1.62. The van der Waals surface area contributed by atoms with Crippen LogP contribution in [0.15, 0.2) is 120 Å². The Morgan fingerprint density at radius 3 is 1.78 bits per heavy atom. The van der Waals surface area contributed by atoms with Gasteiger partial charge in [-0.3, -0.25) is 4.79 Å². The van der Waals surface area contributed by atoms with Gasteiger partial charge < -0.3 is 10.1 Å². The van der Waals surface area contributed by atoms with Gasteiger partial charge in [0.15, 0.2) is 0 Å². The van der Waals surface area contributed by atoms with E-state index in [1.807, 2.05) is 91.0 Å². The molecule has 0 aliphatic heterocycles. The van der Waals surface area contributed by atoms with E-state index in [9.17, 15) is 13.2 Å². The Morgan fingerprint density at radius 1 is 0.778 bits per heavy atom. The number of carbonyl (C=O) groups is 1. The lowest BCUT2D eigenvalue weighted by Crippen LogP contribution is -2.41. The van der Waals surface area contributed by atoms with Crippen LogP contribution in [0.4, 0.5) is 0 Å². The summed E-state index contributed by atoms with van der Waals surface area (Å²) >= 11 is 0. The summed E-state index contributed by atoms with van der Waals surface area (Å²) in [5, 5.41) is 3.04. The molecule has 1 amide bonds. The maximum absolute atomic E-state index is 13.6. The predicted octanol–water partition coefficient (Wildman–Crippen LogP) is 4.79. The smallest absolute Gasteiger partial charge is 0.243 e. The minimum absolute atomic E-state index is 0.0595. The molecule has 0 aliphatic rings. The van der Waals surface area contributed by atoms with Gasteiger partial charge in [-0.2, -0.15) is 4.31 Å². The lowest BCUT2D eigenvalue weighted by molar-refractivity contribution is -0.121. The SMILES string of the molecule is COc1ccc(S(=O)(=O)N(CC(=O)NC(c2ccccc2)c2ccccc2)Cc2ccccc2)cc1. The van der Waals surface area contributed by atoms with Gasteiger partial charge in [0.25, 0.3) is 0 Å². The second-order valence-electron chi connectivity index (χ2n) is 8.26. The summed E-state index contributed by atoms with van der Waals surface area (Å²) in [4.78, 5) is 13.4. The number of rotatable bonds is 10. The Kier molecular flexibility index (Phi) is 8.15. The average molecular weight is 501 g/mol. The minimum atomic E-state index is -3.97. The monoisotopic (exact) mass is 500 g/mol. The first-order valence-electron chi connectivity index (χ1n) is 11.5. The van der Waals surface area contributed by atoms with Crippen molar-refractivity contribution in [1.29, 1.82) is 0 Å². The Morgan fingerprint density at radius 2 is 1.28 bits per heavy atom. The summed E-state index contributed by atoms with van der Waals surface area (Å²) in [5.41, 5.74) is 2.60. The molecule has 0 fully saturated rings. The number of nitrogens with zero attached hydrogens (tertiary/aromatic N) is 1. The van der Waals surface area contributed by atoms with Gasteiger partial charge in [0.1, 0.15) is 5.75 Å². The predicted molar refractivity (Wildman–Crippen MR) is 140 cm³/mol. The second kappa shape index (κ2) is 11.7. The number of methoxy groups -OCH3 is 1. The fourth-order valence-corrected chi connectivity index (χ4v) is 5.31. The number of hydrogen-bond donors (Lipinski definition) is 1. The van der Waals surface area contributed by atoms with Gasteiger partial charge in [0.2, 0.25) is 15.9 Å². The highest BCUT2D eigenvalue weighted by Gasteiger charge is 2.28. The van der Waals surface area contributed by atoms with Crippen molar-refractivity contribution in [3.8, 4) is 5.75 Å². The van der Waals surface area contributed by atoms with Crippen molar-refractivity contribution < 1.29 is 17.9 Å². The molecule has 0 atom stereocenters. The van der Waals surface area contributed by atoms with Gasteiger partial charge in [-0.05, 0) is 41.0 Å². The zero-order chi connectivity index (χ0) is 25.4. The first kappa shape index (κ1) is 25.2. The molecular weight excluding hydrogens is 472 g/mol. The van der Waals surface area contributed by atoms with E-state index < -0.39 is 22.0 Å². The maximum Gasteiger partial charge on any atom is 0.243 e. The van der Waals surface area contributed by atoms with E-state index >= 15 is 0 Å². The zero-order valence-corrected chi connectivity index (χ0v) is 20.8. The average Bonchev–Trinajstić information content (AvgIpc) is 2.93. The Bertz CT molecular complexity index is 1320. The maximum atomic E-state index is 13.6. The van der Waals surface area contributed by atoms with E-state index in [1.54, 1.807) is 12.1 Å². The van der Waals surface area contributed by atoms with Crippen molar-refractivity contribution in [2.75, 3.05) is 13.7 Å². The summed E-state index contributed by atoms with van der Waals surface area (Å²) < 4.78 is 33.6. The summed E-state index contributed by atoms with van der Waals surface area (Å²) in [6.45, 7) is -0.274. The number of nitrogens with one attached hydrogen (secondary N) is 1. The van der Waals surface area contributed by atoms with Gasteiger partial charge in [-0.15, -0.1) is 0 Å². The van der Waals surface area contributed by atoms with E-state index in [2.05, 4.69) is 5.32 Å². The van der Waals surface area contributed by atoms with Crippen LogP contribution >= 0.6 is 0 Å². The third-order valence-electron chi connectivity index (χ3n) is 5.79. The largest absolute Gasteiger partial charge is 0.497 e. The highest BCUT2D eigenvalue weighted by Crippen LogP contribution is 2.24. The molecule has 4 rings (SSSR count). The van der Waals surface area contributed by atoms with Crippen LogP contribution in [-0.4, -0.2) is 32.3 Å². The van der Waals surface area contributed by atoms with Gasteiger partial charge in [-0.25, -0.2) is 8.42 Å². The molecule has 0 saturated heterocycles. The molecule has 1 N–H and O–H groups in total. The topological polar surface area (TPSA) is 75.7 Å². The van der Waals surface area contributed by atoms with Gasteiger partial charge >= 0.3 is 0 Å². The summed E-state index contributed by atoms with van der Waals surface area (Å²) in [7, 11) is -2.45. The van der Waals surface area contributed by atoms with Gasteiger partial charge in [-0.1, -0.05) is 91.0 Å². The highest BCUT2D eigenvalue weighted by molar-refractivity contribution is 7.89. The van der Waals surface area contributed by atoms with Gasteiger partial charge in [0.05, 0.1) is 24.6 Å². The molecule has 0 unspecified atom stereocenters. The first-order chi connectivity index (χ1) is 17.5. The molecule has 0 saturated carbocycles. The van der Waals surface area contributed by atoms with Gasteiger partial charge in [0, 0.05) is 6.54 Å². The van der Waals surface area contributed by atoms with Crippen LogP contribution in [0.1, 0.15) is 22.7 Å². The zero-order valence-electron chi connectivity index (χ0n) is 19.9. The number of sulfonamides is 1. The van der Waals surface area contributed by atoms with Crippen LogP contribution in [0, 0.1) is 0 Å². The summed E-state index contributed by atoms with van der Waals surface area (Å²) in [6.07, 6.45) is 0. The van der Waals surface area contributed by atoms with Crippen molar-refractivity contribution in [1.82, 2.24) is 9.62 Å². The molecule has 0 bridgehead atoms. The van der Waals surface area contributed by atoms with E-state index in [0.717, 1.165) is 16.7 Å². The van der Waals surface area contributed by atoms with Crippen molar-refractivity contribution in [2.45, 2.75) is 17.5 Å². The van der Waals surface area contributed by atoms with Crippen molar-refractivity contribution in [2.24, 2.45) is 0 Å². The van der Waals surface area contributed by atoms with E-state index in [1.165, 1.54) is 23.5 Å². The number of carbonyl (C=O) groups excluding carboxylic acids is 1. The van der Waals surface area contributed by atoms with Crippen LogP contribution in [-0.2, 0) is 21.4 Å². The summed E-state index contributed by atoms with van der Waals surface area (Å²) in [6, 6.07) is 34.2. The molecule has 4 aromatic rings. The van der Waals surface area contributed by atoms with Crippen LogP contribution < -0.4 is 10.1 Å². The summed E-state index contributed by atoms with van der Waals surface area (Å²) in [5.74, 6) is 0.149. The molecule has 0 heterocycles. The van der Waals surface area contributed by atoms with Crippen LogP contribution in [0.3, 0.4) is 0 Å². The standard InChI is InChI=1S/C29H28N2O4S/c1-35-26-17-19-27(20-18-26)36(33,34)31(21-23-11-5-2-6-12-23)22-28(32)30-29(24-13-7-3-8-14-24)25-15-9-4-10-16-25/h2-20,29H,21-22H2,1H3,(H,30,32). The minimum Gasteiger partial charge on any atom is -0.497 e. The highest BCUT2D eigenvalue weighted by atomic mass is 32.2. The fraction of sp³-hybridized carbons (Fsp3) is 0.138.